The number of nitrogens with one attached hydrogen (secondary N) is 1. The summed E-state index contributed by atoms with van der Waals surface area (Å²) in [6.45, 7) is 2.81. The first-order valence-corrected chi connectivity index (χ1v) is 8.27. The minimum absolute atomic E-state index is 0.397. The van der Waals surface area contributed by atoms with E-state index >= 15 is 0 Å². The number of hydrogen-bond acceptors (Lipinski definition) is 6. The third-order valence-electron chi connectivity index (χ3n) is 2.99. The molecule has 7 heteroatoms. The third-order valence-corrected chi connectivity index (χ3v) is 3.96. The summed E-state index contributed by atoms with van der Waals surface area (Å²) in [4.78, 5) is 4.37. The number of halogens is 1. The number of nitriles is 1. The third kappa shape index (κ3) is 3.81. The number of benzene rings is 1. The summed E-state index contributed by atoms with van der Waals surface area (Å²) in [6, 6.07) is 9.80. The fraction of sp³-hybridized carbons (Fsp3) is 0.267. The summed E-state index contributed by atoms with van der Waals surface area (Å²) >= 11 is 7.35. The fourth-order valence-electron chi connectivity index (χ4n) is 1.98. The van der Waals surface area contributed by atoms with Gasteiger partial charge in [-0.05, 0) is 30.9 Å². The summed E-state index contributed by atoms with van der Waals surface area (Å²) in [5.74, 6) is 0.676. The number of nitrogens with zero attached hydrogens (tertiary/aromatic N) is 4. The fourth-order valence-corrected chi connectivity index (χ4v) is 2.64. The first-order valence-electron chi connectivity index (χ1n) is 6.67. The normalized spacial score (nSPS) is 15.0. The van der Waals surface area contributed by atoms with Crippen molar-refractivity contribution in [2.75, 3.05) is 12.9 Å². The highest BCUT2D eigenvalue weighted by atomic mass is 35.5. The Hall–Kier alpha value is -1.97. The van der Waals surface area contributed by atoms with Crippen LogP contribution in [0.2, 0.25) is 5.02 Å². The smallest absolute Gasteiger partial charge is 0.145 e. The lowest BCUT2D eigenvalue weighted by molar-refractivity contribution is 0.341. The zero-order valence-corrected chi connectivity index (χ0v) is 13.9. The second-order valence-electron chi connectivity index (χ2n) is 4.40. The number of aliphatic imine (C=N–C) groups is 1. The predicted octanol–water partition coefficient (Wildman–Crippen LogP) is 3.21. The van der Waals surface area contributed by atoms with Crippen LogP contribution in [0.5, 0.6) is 0 Å². The highest BCUT2D eigenvalue weighted by Gasteiger charge is 2.22. The molecule has 0 radical (unpaired) electrons. The van der Waals surface area contributed by atoms with Crippen molar-refractivity contribution < 1.29 is 0 Å². The molecule has 1 aromatic carbocycles. The van der Waals surface area contributed by atoms with Gasteiger partial charge in [0.1, 0.15) is 29.2 Å². The second-order valence-corrected chi connectivity index (χ2v) is 5.63. The van der Waals surface area contributed by atoms with Gasteiger partial charge in [-0.3, -0.25) is 4.99 Å². The van der Waals surface area contributed by atoms with Crippen molar-refractivity contribution in [3.63, 3.8) is 0 Å². The Morgan fingerprint density at radius 2 is 2.23 bits per heavy atom. The van der Waals surface area contributed by atoms with Crippen molar-refractivity contribution in [1.82, 2.24) is 10.3 Å². The molecule has 0 saturated carbocycles. The summed E-state index contributed by atoms with van der Waals surface area (Å²) in [6.07, 6.45) is 3.59. The molecule has 5 nitrogen and oxygen atoms in total. The van der Waals surface area contributed by atoms with Crippen LogP contribution in [0, 0.1) is 11.3 Å². The molecule has 0 aromatic heterocycles. The molecule has 0 aliphatic carbocycles. The molecule has 114 valence electrons. The molecule has 2 rings (SSSR count). The number of hydrogen-bond donors (Lipinski definition) is 1. The number of rotatable bonds is 4. The van der Waals surface area contributed by atoms with Gasteiger partial charge in [0.15, 0.2) is 0 Å². The lowest BCUT2D eigenvalue weighted by Crippen LogP contribution is -2.34. The Morgan fingerprint density at radius 3 is 2.82 bits per heavy atom. The molecular formula is C15H16ClN5S. The van der Waals surface area contributed by atoms with Gasteiger partial charge < -0.3 is 5.32 Å². The van der Waals surface area contributed by atoms with Gasteiger partial charge in [-0.15, -0.1) is 11.8 Å². The Balaban J connectivity index is 2.25. The molecule has 0 unspecified atom stereocenters. The van der Waals surface area contributed by atoms with Crippen molar-refractivity contribution >= 4 is 34.6 Å². The van der Waals surface area contributed by atoms with Crippen LogP contribution in [0.1, 0.15) is 12.5 Å². The van der Waals surface area contributed by atoms with E-state index < -0.39 is 0 Å². The van der Waals surface area contributed by atoms with Crippen LogP contribution in [-0.2, 0) is 6.54 Å². The Kier molecular flexibility index (Phi) is 5.87. The minimum atomic E-state index is 0.397. The predicted molar refractivity (Wildman–Crippen MR) is 92.8 cm³/mol. The molecule has 0 saturated heterocycles. The van der Waals surface area contributed by atoms with E-state index in [1.54, 1.807) is 11.2 Å². The zero-order chi connectivity index (χ0) is 15.9. The molecule has 1 aliphatic heterocycles. The Bertz CT molecular complexity index is 658. The van der Waals surface area contributed by atoms with Gasteiger partial charge in [0, 0.05) is 17.8 Å². The van der Waals surface area contributed by atoms with Crippen molar-refractivity contribution in [3.05, 3.63) is 46.2 Å². The zero-order valence-electron chi connectivity index (χ0n) is 12.4. The molecule has 1 N–H and O–H groups in total. The van der Waals surface area contributed by atoms with E-state index in [1.165, 1.54) is 11.8 Å². The standard InChI is InChI=1S/C15H16ClN5S/c1-3-20-21-10-19-15(22-2)13(8-17)14(21)18-9-11-4-6-12(16)7-5-11/h3-7,18H,9-10H2,1-2H3/b20-3-. The first kappa shape index (κ1) is 16.4. The van der Waals surface area contributed by atoms with Crippen LogP contribution in [-0.4, -0.2) is 29.2 Å². The topological polar surface area (TPSA) is 63.8 Å². The van der Waals surface area contributed by atoms with Gasteiger partial charge in [0.05, 0.1) is 0 Å². The molecule has 0 amide bonds. The van der Waals surface area contributed by atoms with Crippen LogP contribution in [0.25, 0.3) is 0 Å². The van der Waals surface area contributed by atoms with Crippen molar-refractivity contribution in [2.24, 2.45) is 10.1 Å². The lowest BCUT2D eigenvalue weighted by Gasteiger charge is -2.26. The van der Waals surface area contributed by atoms with E-state index in [0.717, 1.165) is 10.6 Å². The van der Waals surface area contributed by atoms with Crippen LogP contribution >= 0.6 is 23.4 Å². The highest BCUT2D eigenvalue weighted by molar-refractivity contribution is 8.13. The van der Waals surface area contributed by atoms with E-state index in [-0.39, 0.29) is 0 Å². The van der Waals surface area contributed by atoms with Crippen molar-refractivity contribution in [2.45, 2.75) is 13.5 Å². The average Bonchev–Trinajstić information content (AvgIpc) is 2.54. The van der Waals surface area contributed by atoms with Crippen LogP contribution < -0.4 is 5.32 Å². The minimum Gasteiger partial charge on any atom is -0.365 e. The summed E-state index contributed by atoms with van der Waals surface area (Å²) in [5.41, 5.74) is 1.58. The molecule has 0 bridgehead atoms. The van der Waals surface area contributed by atoms with Gasteiger partial charge in [0.2, 0.25) is 0 Å². The number of thioether (sulfide) groups is 1. The molecular weight excluding hydrogens is 318 g/mol. The van der Waals surface area contributed by atoms with Crippen LogP contribution in [0.4, 0.5) is 0 Å². The lowest BCUT2D eigenvalue weighted by atomic mass is 10.2. The maximum atomic E-state index is 9.44. The summed E-state index contributed by atoms with van der Waals surface area (Å²) in [7, 11) is 0. The van der Waals surface area contributed by atoms with E-state index in [0.29, 0.717) is 29.6 Å². The molecule has 1 aromatic rings. The molecule has 0 spiro atoms. The van der Waals surface area contributed by atoms with Gasteiger partial charge in [-0.1, -0.05) is 23.7 Å². The summed E-state index contributed by atoms with van der Waals surface area (Å²) in [5, 5.41) is 20.1. The molecule has 1 aliphatic rings. The van der Waals surface area contributed by atoms with E-state index in [4.69, 9.17) is 11.6 Å². The second kappa shape index (κ2) is 7.87. The van der Waals surface area contributed by atoms with Gasteiger partial charge in [0.25, 0.3) is 0 Å². The Labute approximate surface area is 139 Å². The first-order chi connectivity index (χ1) is 10.7. The number of hydrazone groups is 1. The average molecular weight is 334 g/mol. The molecule has 22 heavy (non-hydrogen) atoms. The van der Waals surface area contributed by atoms with Gasteiger partial charge >= 0.3 is 0 Å². The summed E-state index contributed by atoms with van der Waals surface area (Å²) < 4.78 is 0. The molecule has 1 heterocycles. The van der Waals surface area contributed by atoms with Crippen molar-refractivity contribution in [3.8, 4) is 6.07 Å². The maximum absolute atomic E-state index is 9.44. The Morgan fingerprint density at radius 1 is 1.50 bits per heavy atom. The maximum Gasteiger partial charge on any atom is 0.145 e. The SMILES string of the molecule is C/C=N\N1CN=C(SC)C(C#N)=C1NCc1ccc(Cl)cc1. The molecule has 0 atom stereocenters. The van der Waals surface area contributed by atoms with E-state index in [1.807, 2.05) is 37.4 Å². The molecule has 0 fully saturated rings. The van der Waals surface area contributed by atoms with Gasteiger partial charge in [-0.25, -0.2) is 5.01 Å². The van der Waals surface area contributed by atoms with Gasteiger partial charge in [-0.2, -0.15) is 10.4 Å². The van der Waals surface area contributed by atoms with Crippen LogP contribution in [0.3, 0.4) is 0 Å². The van der Waals surface area contributed by atoms with Crippen LogP contribution in [0.15, 0.2) is 45.8 Å². The van der Waals surface area contributed by atoms with E-state index in [9.17, 15) is 5.26 Å². The van der Waals surface area contributed by atoms with Crippen molar-refractivity contribution in [1.29, 1.82) is 5.26 Å². The quantitative estimate of drug-likeness (QED) is 0.859. The largest absolute Gasteiger partial charge is 0.365 e. The van der Waals surface area contributed by atoms with E-state index in [2.05, 4.69) is 21.5 Å². The highest BCUT2D eigenvalue weighted by Crippen LogP contribution is 2.21. The monoisotopic (exact) mass is 333 g/mol.